The van der Waals surface area contributed by atoms with Crippen molar-refractivity contribution in [2.75, 3.05) is 36.0 Å². The van der Waals surface area contributed by atoms with Crippen LogP contribution in [-0.4, -0.2) is 41.1 Å². The van der Waals surface area contributed by atoms with Crippen LogP contribution in [-0.2, 0) is 0 Å². The molecule has 4 heterocycles. The van der Waals surface area contributed by atoms with Crippen LogP contribution < -0.4 is 9.80 Å². The van der Waals surface area contributed by atoms with Gasteiger partial charge in [0.2, 0.25) is 0 Å². The molecule has 0 spiro atoms. The Morgan fingerprint density at radius 1 is 0.773 bits per heavy atom. The Morgan fingerprint density at radius 2 is 1.59 bits per heavy atom. The number of piperazine rings is 1. The lowest BCUT2D eigenvalue weighted by Crippen LogP contribution is -2.47. The maximum absolute atomic E-state index is 4.53. The monoisotopic (exact) mass is 291 g/mol. The predicted octanol–water partition coefficient (Wildman–Crippen LogP) is 2.35. The zero-order valence-electron chi connectivity index (χ0n) is 12.3. The molecule has 0 radical (unpaired) electrons. The number of aromatic nitrogens is 3. The molecule has 1 saturated heterocycles. The highest BCUT2D eigenvalue weighted by Crippen LogP contribution is 2.25. The highest BCUT2D eigenvalue weighted by atomic mass is 15.3. The lowest BCUT2D eigenvalue weighted by atomic mass is 10.2. The van der Waals surface area contributed by atoms with Crippen molar-refractivity contribution in [1.29, 1.82) is 0 Å². The van der Waals surface area contributed by atoms with E-state index in [-0.39, 0.29) is 0 Å². The van der Waals surface area contributed by atoms with Crippen LogP contribution in [0.25, 0.3) is 10.9 Å². The van der Waals surface area contributed by atoms with E-state index < -0.39 is 0 Å². The second-order valence-corrected chi connectivity index (χ2v) is 5.40. The normalized spacial score (nSPS) is 15.3. The molecule has 1 fully saturated rings. The molecule has 3 aromatic rings. The van der Waals surface area contributed by atoms with Crippen LogP contribution in [0.15, 0.2) is 55.1 Å². The van der Waals surface area contributed by atoms with Crippen LogP contribution in [0.2, 0.25) is 0 Å². The van der Waals surface area contributed by atoms with Crippen LogP contribution >= 0.6 is 0 Å². The average Bonchev–Trinajstić information content (AvgIpc) is 2.62. The van der Waals surface area contributed by atoms with Crippen molar-refractivity contribution >= 4 is 22.4 Å². The van der Waals surface area contributed by atoms with Gasteiger partial charge < -0.3 is 9.80 Å². The van der Waals surface area contributed by atoms with Crippen molar-refractivity contribution in [2.45, 2.75) is 0 Å². The largest absolute Gasteiger partial charge is 0.365 e. The highest BCUT2D eigenvalue weighted by molar-refractivity contribution is 5.89. The molecule has 0 aromatic carbocycles. The van der Waals surface area contributed by atoms with Crippen LogP contribution in [0.3, 0.4) is 0 Å². The fraction of sp³-hybridized carbons (Fsp3) is 0.235. The van der Waals surface area contributed by atoms with Gasteiger partial charge in [0, 0.05) is 50.2 Å². The molecule has 0 amide bonds. The molecule has 0 bridgehead atoms. The van der Waals surface area contributed by atoms with Crippen LogP contribution in [0.4, 0.5) is 11.5 Å². The van der Waals surface area contributed by atoms with Gasteiger partial charge in [-0.15, -0.1) is 0 Å². The standard InChI is InChI=1S/C17H17N5/c1-2-6-19-16(5-1)22-10-8-21(9-11-22)15-13-18-12-14-4-3-7-20-17(14)15/h1-7,12-13H,8-11H2. The van der Waals surface area contributed by atoms with Crippen LogP contribution in [0.5, 0.6) is 0 Å². The van der Waals surface area contributed by atoms with E-state index in [4.69, 9.17) is 0 Å². The van der Waals surface area contributed by atoms with E-state index in [9.17, 15) is 0 Å². The van der Waals surface area contributed by atoms with Gasteiger partial charge in [-0.1, -0.05) is 6.07 Å². The van der Waals surface area contributed by atoms with Crippen molar-refractivity contribution in [1.82, 2.24) is 15.0 Å². The Balaban J connectivity index is 1.56. The Kier molecular flexibility index (Phi) is 3.31. The summed E-state index contributed by atoms with van der Waals surface area (Å²) in [5.74, 6) is 1.05. The Bertz CT molecular complexity index is 761. The molecule has 0 aliphatic carbocycles. The summed E-state index contributed by atoms with van der Waals surface area (Å²) >= 11 is 0. The second kappa shape index (κ2) is 5.60. The summed E-state index contributed by atoms with van der Waals surface area (Å²) in [7, 11) is 0. The summed E-state index contributed by atoms with van der Waals surface area (Å²) in [6.07, 6.45) is 7.48. The Morgan fingerprint density at radius 3 is 2.41 bits per heavy atom. The third kappa shape index (κ3) is 2.35. The zero-order chi connectivity index (χ0) is 14.8. The van der Waals surface area contributed by atoms with E-state index in [0.717, 1.165) is 48.6 Å². The maximum atomic E-state index is 4.53. The molecule has 0 unspecified atom stereocenters. The summed E-state index contributed by atoms with van der Waals surface area (Å²) < 4.78 is 0. The molecule has 3 aromatic heterocycles. The van der Waals surface area contributed by atoms with Gasteiger partial charge in [0.05, 0.1) is 17.4 Å². The van der Waals surface area contributed by atoms with E-state index >= 15 is 0 Å². The topological polar surface area (TPSA) is 45.2 Å². The van der Waals surface area contributed by atoms with Crippen molar-refractivity contribution in [3.05, 3.63) is 55.1 Å². The first kappa shape index (κ1) is 13.0. The third-order valence-electron chi connectivity index (χ3n) is 4.09. The molecule has 22 heavy (non-hydrogen) atoms. The first-order valence-corrected chi connectivity index (χ1v) is 7.51. The van der Waals surface area contributed by atoms with E-state index in [1.54, 1.807) is 0 Å². The minimum atomic E-state index is 0.952. The van der Waals surface area contributed by atoms with Gasteiger partial charge in [0.1, 0.15) is 5.82 Å². The maximum Gasteiger partial charge on any atom is 0.128 e. The minimum absolute atomic E-state index is 0.952. The van der Waals surface area contributed by atoms with Gasteiger partial charge >= 0.3 is 0 Å². The summed E-state index contributed by atoms with van der Waals surface area (Å²) in [4.78, 5) is 18.0. The van der Waals surface area contributed by atoms with Gasteiger partial charge in [-0.05, 0) is 24.3 Å². The Labute approximate surface area is 129 Å². The first-order valence-electron chi connectivity index (χ1n) is 7.51. The van der Waals surface area contributed by atoms with Crippen molar-refractivity contribution < 1.29 is 0 Å². The number of hydrogen-bond donors (Lipinski definition) is 0. The van der Waals surface area contributed by atoms with Gasteiger partial charge in [-0.25, -0.2) is 4.98 Å². The van der Waals surface area contributed by atoms with Crippen molar-refractivity contribution in [3.63, 3.8) is 0 Å². The third-order valence-corrected chi connectivity index (χ3v) is 4.09. The summed E-state index contributed by atoms with van der Waals surface area (Å²) in [6.45, 7) is 3.82. The predicted molar refractivity (Wildman–Crippen MR) is 88.2 cm³/mol. The van der Waals surface area contributed by atoms with E-state index in [2.05, 4.69) is 36.9 Å². The van der Waals surface area contributed by atoms with Crippen molar-refractivity contribution in [2.24, 2.45) is 0 Å². The number of pyridine rings is 3. The molecule has 5 heteroatoms. The fourth-order valence-corrected chi connectivity index (χ4v) is 2.93. The number of rotatable bonds is 2. The first-order chi connectivity index (χ1) is 10.9. The zero-order valence-corrected chi connectivity index (χ0v) is 12.3. The molecule has 110 valence electrons. The van der Waals surface area contributed by atoms with E-state index in [1.165, 1.54) is 0 Å². The second-order valence-electron chi connectivity index (χ2n) is 5.40. The van der Waals surface area contributed by atoms with Gasteiger partial charge in [0.15, 0.2) is 0 Å². The fourth-order valence-electron chi connectivity index (χ4n) is 2.93. The molecule has 0 atom stereocenters. The smallest absolute Gasteiger partial charge is 0.128 e. The molecule has 0 N–H and O–H groups in total. The van der Waals surface area contributed by atoms with Gasteiger partial charge in [0.25, 0.3) is 0 Å². The summed E-state index contributed by atoms with van der Waals surface area (Å²) in [5.41, 5.74) is 2.16. The summed E-state index contributed by atoms with van der Waals surface area (Å²) in [5, 5.41) is 1.09. The highest BCUT2D eigenvalue weighted by Gasteiger charge is 2.20. The SMILES string of the molecule is c1ccc(N2CCN(c3cncc4cccnc34)CC2)nc1. The van der Waals surface area contributed by atoms with Crippen LogP contribution in [0, 0.1) is 0 Å². The average molecular weight is 291 g/mol. The molecule has 0 saturated carbocycles. The number of anilines is 2. The summed E-state index contributed by atoms with van der Waals surface area (Å²) in [6, 6.07) is 10.1. The molecule has 1 aliphatic rings. The number of hydrogen-bond acceptors (Lipinski definition) is 5. The number of fused-ring (bicyclic) bond motifs is 1. The quantitative estimate of drug-likeness (QED) is 0.725. The number of nitrogens with zero attached hydrogens (tertiary/aromatic N) is 5. The lowest BCUT2D eigenvalue weighted by molar-refractivity contribution is 0.648. The Hall–Kier alpha value is -2.69. The van der Waals surface area contributed by atoms with Crippen LogP contribution in [0.1, 0.15) is 0 Å². The van der Waals surface area contributed by atoms with E-state index in [0.29, 0.717) is 0 Å². The molecule has 5 nitrogen and oxygen atoms in total. The molecular weight excluding hydrogens is 274 g/mol. The van der Waals surface area contributed by atoms with Crippen molar-refractivity contribution in [3.8, 4) is 0 Å². The lowest BCUT2D eigenvalue weighted by Gasteiger charge is -2.36. The minimum Gasteiger partial charge on any atom is -0.365 e. The van der Waals surface area contributed by atoms with Gasteiger partial charge in [-0.2, -0.15) is 0 Å². The molecular formula is C17H17N5. The van der Waals surface area contributed by atoms with E-state index in [1.807, 2.05) is 43.0 Å². The molecule has 4 rings (SSSR count). The van der Waals surface area contributed by atoms with Gasteiger partial charge in [-0.3, -0.25) is 9.97 Å². The molecule has 1 aliphatic heterocycles.